The summed E-state index contributed by atoms with van der Waals surface area (Å²) in [6.45, 7) is 0. The summed E-state index contributed by atoms with van der Waals surface area (Å²) in [5.41, 5.74) is 3.46. The molecule has 0 spiro atoms. The lowest BCUT2D eigenvalue weighted by Crippen LogP contribution is -2.12. The Labute approximate surface area is 162 Å². The molecule has 3 nitrogen and oxygen atoms in total. The van der Waals surface area contributed by atoms with Gasteiger partial charge in [0.1, 0.15) is 17.7 Å². The fraction of sp³-hybridized carbons (Fsp3) is 0.0833. The number of benzene rings is 3. The van der Waals surface area contributed by atoms with Gasteiger partial charge in [-0.2, -0.15) is 5.26 Å². The highest BCUT2D eigenvalue weighted by Crippen LogP contribution is 2.30. The predicted octanol–water partition coefficient (Wildman–Crippen LogP) is 5.61. The zero-order valence-corrected chi connectivity index (χ0v) is 15.0. The maximum atomic E-state index is 13.3. The number of nitriles is 1. The van der Waals surface area contributed by atoms with E-state index in [0.29, 0.717) is 17.7 Å². The molecule has 0 aliphatic heterocycles. The second kappa shape index (κ2) is 7.89. The van der Waals surface area contributed by atoms with Gasteiger partial charge in [-0.25, -0.2) is 4.39 Å². The minimum Gasteiger partial charge on any atom is -0.485 e. The Balaban J connectivity index is 1.73. The van der Waals surface area contributed by atoms with Gasteiger partial charge in [0.05, 0.1) is 17.1 Å². The minimum atomic E-state index is -0.286. The number of fused-ring (bicyclic) bond motifs is 1. The van der Waals surface area contributed by atoms with Crippen molar-refractivity contribution in [2.24, 2.45) is 0 Å². The first-order chi connectivity index (χ1) is 13.7. The fourth-order valence-corrected chi connectivity index (χ4v) is 3.22. The van der Waals surface area contributed by atoms with Crippen molar-refractivity contribution >= 4 is 10.9 Å². The SMILES string of the molecule is N#Cc1ccc(O[C@H](Cc2ccc(F)cc2)c2ccnc3ccccc23)cc1. The lowest BCUT2D eigenvalue weighted by molar-refractivity contribution is 0.207. The Bertz CT molecular complexity index is 1130. The molecule has 0 fully saturated rings. The van der Waals surface area contributed by atoms with Gasteiger partial charge >= 0.3 is 0 Å². The molecule has 1 aromatic heterocycles. The molecule has 0 N–H and O–H groups in total. The number of pyridine rings is 1. The molecule has 0 radical (unpaired) electrons. The summed E-state index contributed by atoms with van der Waals surface area (Å²) < 4.78 is 19.6. The average molecular weight is 368 g/mol. The van der Waals surface area contributed by atoms with Crippen molar-refractivity contribution in [2.45, 2.75) is 12.5 Å². The fourth-order valence-electron chi connectivity index (χ4n) is 3.22. The maximum Gasteiger partial charge on any atom is 0.128 e. The van der Waals surface area contributed by atoms with Crippen LogP contribution in [0.3, 0.4) is 0 Å². The van der Waals surface area contributed by atoms with Gasteiger partial charge in [0.2, 0.25) is 0 Å². The Morgan fingerprint density at radius 3 is 2.43 bits per heavy atom. The largest absolute Gasteiger partial charge is 0.485 e. The number of hydrogen-bond acceptors (Lipinski definition) is 3. The molecule has 1 atom stereocenters. The van der Waals surface area contributed by atoms with Crippen LogP contribution in [0.1, 0.15) is 22.8 Å². The zero-order chi connectivity index (χ0) is 19.3. The summed E-state index contributed by atoms with van der Waals surface area (Å²) in [7, 11) is 0. The zero-order valence-electron chi connectivity index (χ0n) is 15.0. The molecule has 0 amide bonds. The summed E-state index contributed by atoms with van der Waals surface area (Å²) in [5, 5.41) is 10.0. The van der Waals surface area contributed by atoms with Crippen LogP contribution in [-0.2, 0) is 6.42 Å². The van der Waals surface area contributed by atoms with Gasteiger partial charge in [0.15, 0.2) is 0 Å². The molecule has 136 valence electrons. The van der Waals surface area contributed by atoms with Crippen LogP contribution in [0.2, 0.25) is 0 Å². The standard InChI is InChI=1S/C24H17FN2O/c25-19-9-5-17(6-10-19)15-24(28-20-11-7-18(16-26)8-12-20)22-13-14-27-23-4-2-1-3-21(22)23/h1-14,24H,15H2/t24-/m1/s1. The molecule has 0 bridgehead atoms. The van der Waals surface area contributed by atoms with E-state index >= 15 is 0 Å². The molecule has 0 saturated carbocycles. The topological polar surface area (TPSA) is 45.9 Å². The third-order valence-electron chi connectivity index (χ3n) is 4.63. The van der Waals surface area contributed by atoms with Crippen molar-refractivity contribution in [2.75, 3.05) is 0 Å². The maximum absolute atomic E-state index is 13.3. The quantitative estimate of drug-likeness (QED) is 0.460. The Kier molecular flexibility index (Phi) is 4.99. The third-order valence-corrected chi connectivity index (χ3v) is 4.63. The van der Waals surface area contributed by atoms with Crippen molar-refractivity contribution in [3.63, 3.8) is 0 Å². The van der Waals surface area contributed by atoms with E-state index in [1.165, 1.54) is 12.1 Å². The van der Waals surface area contributed by atoms with E-state index in [0.717, 1.165) is 22.0 Å². The van der Waals surface area contributed by atoms with E-state index in [2.05, 4.69) is 11.1 Å². The van der Waals surface area contributed by atoms with Crippen molar-refractivity contribution in [1.82, 2.24) is 4.98 Å². The summed E-state index contributed by atoms with van der Waals surface area (Å²) in [6.07, 6.45) is 2.07. The molecule has 4 heteroatoms. The summed E-state index contributed by atoms with van der Waals surface area (Å²) in [6, 6.07) is 25.5. The van der Waals surface area contributed by atoms with Gasteiger partial charge in [-0.15, -0.1) is 0 Å². The van der Waals surface area contributed by atoms with E-state index in [1.807, 2.05) is 30.3 Å². The molecule has 0 aliphatic carbocycles. The van der Waals surface area contributed by atoms with Crippen molar-refractivity contribution in [3.8, 4) is 11.8 Å². The molecule has 28 heavy (non-hydrogen) atoms. The molecule has 3 aromatic carbocycles. The molecule has 0 unspecified atom stereocenters. The lowest BCUT2D eigenvalue weighted by Gasteiger charge is -2.21. The number of halogens is 1. The van der Waals surface area contributed by atoms with Crippen molar-refractivity contribution in [3.05, 3.63) is 108 Å². The van der Waals surface area contributed by atoms with Crippen LogP contribution >= 0.6 is 0 Å². The third kappa shape index (κ3) is 3.84. The number of nitrogens with zero attached hydrogens (tertiary/aromatic N) is 2. The van der Waals surface area contributed by atoms with Crippen LogP contribution < -0.4 is 4.74 Å². The highest BCUT2D eigenvalue weighted by Gasteiger charge is 2.18. The normalized spacial score (nSPS) is 11.7. The van der Waals surface area contributed by atoms with Crippen molar-refractivity contribution in [1.29, 1.82) is 5.26 Å². The van der Waals surface area contributed by atoms with Crippen LogP contribution in [0.5, 0.6) is 5.75 Å². The summed E-state index contributed by atoms with van der Waals surface area (Å²) in [5.74, 6) is 0.412. The Hall–Kier alpha value is -3.71. The smallest absolute Gasteiger partial charge is 0.128 e. The highest BCUT2D eigenvalue weighted by atomic mass is 19.1. The van der Waals surface area contributed by atoms with Gasteiger partial charge in [-0.1, -0.05) is 30.3 Å². The van der Waals surface area contributed by atoms with E-state index in [9.17, 15) is 4.39 Å². The summed E-state index contributed by atoms with van der Waals surface area (Å²) in [4.78, 5) is 4.43. The van der Waals surface area contributed by atoms with Crippen LogP contribution in [0.4, 0.5) is 4.39 Å². The van der Waals surface area contributed by atoms with Crippen LogP contribution in [-0.4, -0.2) is 4.98 Å². The van der Waals surface area contributed by atoms with E-state index < -0.39 is 0 Å². The molecule has 4 rings (SSSR count). The van der Waals surface area contributed by atoms with Crippen molar-refractivity contribution < 1.29 is 9.13 Å². The first-order valence-electron chi connectivity index (χ1n) is 8.98. The van der Waals surface area contributed by atoms with E-state index in [-0.39, 0.29) is 11.9 Å². The number of hydrogen-bond donors (Lipinski definition) is 0. The van der Waals surface area contributed by atoms with Gasteiger partial charge in [0, 0.05) is 23.6 Å². The van der Waals surface area contributed by atoms with E-state index in [1.54, 1.807) is 42.6 Å². The average Bonchev–Trinajstić information content (AvgIpc) is 2.75. The molecular formula is C24H17FN2O. The monoisotopic (exact) mass is 368 g/mol. The highest BCUT2D eigenvalue weighted by molar-refractivity contribution is 5.82. The first-order valence-corrected chi connectivity index (χ1v) is 8.98. The van der Waals surface area contributed by atoms with Crippen LogP contribution in [0, 0.1) is 17.1 Å². The van der Waals surface area contributed by atoms with E-state index in [4.69, 9.17) is 10.00 Å². The molecule has 0 saturated heterocycles. The predicted molar refractivity (Wildman–Crippen MR) is 106 cm³/mol. The molecule has 4 aromatic rings. The molecular weight excluding hydrogens is 351 g/mol. The van der Waals surface area contributed by atoms with Gasteiger partial charge < -0.3 is 4.74 Å². The van der Waals surface area contributed by atoms with Crippen LogP contribution in [0.15, 0.2) is 85.1 Å². The Morgan fingerprint density at radius 1 is 0.929 bits per heavy atom. The lowest BCUT2D eigenvalue weighted by atomic mass is 9.98. The van der Waals surface area contributed by atoms with Gasteiger partial charge in [0.25, 0.3) is 0 Å². The number of rotatable bonds is 5. The summed E-state index contributed by atoms with van der Waals surface area (Å²) >= 11 is 0. The van der Waals surface area contributed by atoms with Gasteiger partial charge in [-0.3, -0.25) is 4.98 Å². The number of aromatic nitrogens is 1. The minimum absolute atomic E-state index is 0.261. The van der Waals surface area contributed by atoms with Crippen LogP contribution in [0.25, 0.3) is 10.9 Å². The Morgan fingerprint density at radius 2 is 1.68 bits per heavy atom. The van der Waals surface area contributed by atoms with Gasteiger partial charge in [-0.05, 0) is 54.1 Å². The molecule has 0 aliphatic rings. The first kappa shape index (κ1) is 17.7. The number of ether oxygens (including phenoxy) is 1. The second-order valence-electron chi connectivity index (χ2n) is 6.49. The number of para-hydroxylation sites is 1. The second-order valence-corrected chi connectivity index (χ2v) is 6.49. The molecule has 1 heterocycles.